The lowest BCUT2D eigenvalue weighted by Gasteiger charge is -2.11. The van der Waals surface area contributed by atoms with E-state index in [1.54, 1.807) is 0 Å². The molecule has 1 heterocycles. The van der Waals surface area contributed by atoms with E-state index >= 15 is 0 Å². The molecule has 0 aliphatic rings. The van der Waals surface area contributed by atoms with E-state index in [1.807, 2.05) is 18.3 Å². The first-order valence-corrected chi connectivity index (χ1v) is 7.55. The standard InChI is InChI=1S/C18H22N2O/c1-3-8-15(4-2)20-18(21)12-7-9-14-13-19-17-11-6-5-10-16(14)17/h2,5-6,10-11,13,15,19H,3,7-9,12H2,1H3,(H,20,21). The van der Waals surface area contributed by atoms with Gasteiger partial charge in [-0.3, -0.25) is 4.79 Å². The molecular formula is C18H22N2O. The largest absolute Gasteiger partial charge is 0.361 e. The van der Waals surface area contributed by atoms with Crippen LogP contribution in [0.3, 0.4) is 0 Å². The highest BCUT2D eigenvalue weighted by molar-refractivity contribution is 5.83. The van der Waals surface area contributed by atoms with Crippen molar-refractivity contribution in [3.63, 3.8) is 0 Å². The number of para-hydroxylation sites is 1. The molecule has 0 aliphatic heterocycles. The van der Waals surface area contributed by atoms with Gasteiger partial charge in [-0.25, -0.2) is 0 Å². The van der Waals surface area contributed by atoms with Gasteiger partial charge >= 0.3 is 0 Å². The smallest absolute Gasteiger partial charge is 0.220 e. The van der Waals surface area contributed by atoms with Crippen molar-refractivity contribution in [1.29, 1.82) is 0 Å². The number of nitrogens with one attached hydrogen (secondary N) is 2. The lowest BCUT2D eigenvalue weighted by atomic mass is 10.1. The Kier molecular flexibility index (Phi) is 5.45. The average molecular weight is 282 g/mol. The van der Waals surface area contributed by atoms with Gasteiger partial charge in [-0.05, 0) is 30.9 Å². The molecule has 0 saturated carbocycles. The zero-order valence-corrected chi connectivity index (χ0v) is 12.5. The summed E-state index contributed by atoms with van der Waals surface area (Å²) < 4.78 is 0. The summed E-state index contributed by atoms with van der Waals surface area (Å²) in [4.78, 5) is 15.1. The molecule has 1 aromatic carbocycles. The molecule has 110 valence electrons. The normalized spacial score (nSPS) is 12.0. The summed E-state index contributed by atoms with van der Waals surface area (Å²) in [6, 6.07) is 8.10. The number of aromatic amines is 1. The topological polar surface area (TPSA) is 44.9 Å². The quantitative estimate of drug-likeness (QED) is 0.751. The second kappa shape index (κ2) is 7.54. The molecule has 0 aliphatic carbocycles. The Morgan fingerprint density at radius 1 is 1.43 bits per heavy atom. The second-order valence-corrected chi connectivity index (χ2v) is 5.29. The molecule has 2 aromatic rings. The van der Waals surface area contributed by atoms with Crippen LogP contribution in [0.25, 0.3) is 10.9 Å². The van der Waals surface area contributed by atoms with Crippen molar-refractivity contribution in [3.8, 4) is 12.3 Å². The summed E-state index contributed by atoms with van der Waals surface area (Å²) in [5, 5.41) is 4.14. The average Bonchev–Trinajstić information content (AvgIpc) is 2.90. The Morgan fingerprint density at radius 3 is 3.00 bits per heavy atom. The molecule has 1 amide bonds. The van der Waals surface area contributed by atoms with E-state index in [0.29, 0.717) is 6.42 Å². The summed E-state index contributed by atoms with van der Waals surface area (Å²) in [5.41, 5.74) is 2.41. The van der Waals surface area contributed by atoms with Crippen LogP contribution in [0.4, 0.5) is 0 Å². The predicted octanol–water partition coefficient (Wildman–Crippen LogP) is 3.41. The van der Waals surface area contributed by atoms with Gasteiger partial charge in [0.05, 0.1) is 6.04 Å². The van der Waals surface area contributed by atoms with E-state index < -0.39 is 0 Å². The molecule has 0 spiro atoms. The fourth-order valence-corrected chi connectivity index (χ4v) is 2.53. The van der Waals surface area contributed by atoms with Crippen molar-refractivity contribution in [3.05, 3.63) is 36.0 Å². The van der Waals surface area contributed by atoms with Gasteiger partial charge in [0.15, 0.2) is 0 Å². The lowest BCUT2D eigenvalue weighted by Crippen LogP contribution is -2.33. The lowest BCUT2D eigenvalue weighted by molar-refractivity contribution is -0.121. The minimum Gasteiger partial charge on any atom is -0.361 e. The number of carbonyl (C=O) groups is 1. The number of fused-ring (bicyclic) bond motifs is 1. The Morgan fingerprint density at radius 2 is 2.24 bits per heavy atom. The van der Waals surface area contributed by atoms with Crippen molar-refractivity contribution in [2.24, 2.45) is 0 Å². The molecule has 2 rings (SSSR count). The summed E-state index contributed by atoms with van der Waals surface area (Å²) in [5.74, 6) is 2.67. The molecule has 0 radical (unpaired) electrons. The number of amides is 1. The number of aromatic nitrogens is 1. The zero-order valence-electron chi connectivity index (χ0n) is 12.5. The van der Waals surface area contributed by atoms with Gasteiger partial charge in [0.1, 0.15) is 0 Å². The highest BCUT2D eigenvalue weighted by Gasteiger charge is 2.09. The minimum absolute atomic E-state index is 0.0474. The van der Waals surface area contributed by atoms with E-state index in [1.165, 1.54) is 10.9 Å². The van der Waals surface area contributed by atoms with E-state index in [4.69, 9.17) is 6.42 Å². The van der Waals surface area contributed by atoms with Gasteiger partial charge in [0.25, 0.3) is 0 Å². The van der Waals surface area contributed by atoms with E-state index in [0.717, 1.165) is 31.2 Å². The SMILES string of the molecule is C#CC(CCC)NC(=O)CCCc1c[nH]c2ccccc12. The van der Waals surface area contributed by atoms with Gasteiger partial charge in [-0.15, -0.1) is 6.42 Å². The molecule has 0 saturated heterocycles. The molecule has 1 unspecified atom stereocenters. The van der Waals surface area contributed by atoms with Crippen LogP contribution in [0.2, 0.25) is 0 Å². The molecule has 3 nitrogen and oxygen atoms in total. The highest BCUT2D eigenvalue weighted by atomic mass is 16.1. The van der Waals surface area contributed by atoms with Gasteiger partial charge < -0.3 is 10.3 Å². The van der Waals surface area contributed by atoms with Crippen molar-refractivity contribution < 1.29 is 4.79 Å². The van der Waals surface area contributed by atoms with E-state index in [9.17, 15) is 4.79 Å². The summed E-state index contributed by atoms with van der Waals surface area (Å²) in [6.07, 6.45) is 11.5. The number of hydrogen-bond acceptors (Lipinski definition) is 1. The van der Waals surface area contributed by atoms with Crippen LogP contribution in [-0.4, -0.2) is 16.9 Å². The first kappa shape index (κ1) is 15.2. The van der Waals surface area contributed by atoms with E-state index in [2.05, 4.69) is 35.3 Å². The van der Waals surface area contributed by atoms with Crippen molar-refractivity contribution in [2.75, 3.05) is 0 Å². The Hall–Kier alpha value is -2.21. The van der Waals surface area contributed by atoms with Crippen LogP contribution in [-0.2, 0) is 11.2 Å². The molecule has 0 bridgehead atoms. The fraction of sp³-hybridized carbons (Fsp3) is 0.389. The van der Waals surface area contributed by atoms with Crippen LogP contribution in [0, 0.1) is 12.3 Å². The molecular weight excluding hydrogens is 260 g/mol. The Bertz CT molecular complexity index is 636. The monoisotopic (exact) mass is 282 g/mol. The summed E-state index contributed by atoms with van der Waals surface area (Å²) in [7, 11) is 0. The predicted molar refractivity (Wildman–Crippen MR) is 86.9 cm³/mol. The Labute approximate surface area is 126 Å². The number of hydrogen-bond donors (Lipinski definition) is 2. The molecule has 0 fully saturated rings. The number of carbonyl (C=O) groups excluding carboxylic acids is 1. The Balaban J connectivity index is 1.81. The minimum atomic E-state index is -0.129. The third kappa shape index (κ3) is 4.13. The van der Waals surface area contributed by atoms with Gasteiger partial charge in [0.2, 0.25) is 5.91 Å². The maximum absolute atomic E-state index is 11.9. The molecule has 21 heavy (non-hydrogen) atoms. The van der Waals surface area contributed by atoms with Crippen LogP contribution in [0.15, 0.2) is 30.5 Å². The first-order chi connectivity index (χ1) is 10.2. The second-order valence-electron chi connectivity index (χ2n) is 5.29. The van der Waals surface area contributed by atoms with Crippen molar-refractivity contribution in [1.82, 2.24) is 10.3 Å². The maximum atomic E-state index is 11.9. The van der Waals surface area contributed by atoms with Crippen molar-refractivity contribution >= 4 is 16.8 Å². The van der Waals surface area contributed by atoms with Gasteiger partial charge in [-0.1, -0.05) is 37.5 Å². The third-order valence-corrected chi connectivity index (χ3v) is 3.64. The van der Waals surface area contributed by atoms with Crippen LogP contribution < -0.4 is 5.32 Å². The molecule has 3 heteroatoms. The van der Waals surface area contributed by atoms with Crippen LogP contribution >= 0.6 is 0 Å². The van der Waals surface area contributed by atoms with Gasteiger partial charge in [0, 0.05) is 23.5 Å². The number of H-pyrrole nitrogens is 1. The molecule has 2 N–H and O–H groups in total. The van der Waals surface area contributed by atoms with Crippen LogP contribution in [0.1, 0.15) is 38.2 Å². The number of rotatable bonds is 7. The van der Waals surface area contributed by atoms with Crippen LogP contribution in [0.5, 0.6) is 0 Å². The summed E-state index contributed by atoms with van der Waals surface area (Å²) >= 11 is 0. The third-order valence-electron chi connectivity index (χ3n) is 3.64. The fourth-order valence-electron chi connectivity index (χ4n) is 2.53. The first-order valence-electron chi connectivity index (χ1n) is 7.55. The van der Waals surface area contributed by atoms with E-state index in [-0.39, 0.29) is 11.9 Å². The maximum Gasteiger partial charge on any atom is 0.220 e. The van der Waals surface area contributed by atoms with Crippen molar-refractivity contribution in [2.45, 2.75) is 45.1 Å². The summed E-state index contributed by atoms with van der Waals surface area (Å²) in [6.45, 7) is 2.06. The molecule has 1 aromatic heterocycles. The number of benzene rings is 1. The number of aryl methyl sites for hydroxylation is 1. The number of terminal acetylenes is 1. The zero-order chi connectivity index (χ0) is 15.1. The molecule has 1 atom stereocenters. The highest BCUT2D eigenvalue weighted by Crippen LogP contribution is 2.19. The van der Waals surface area contributed by atoms with Gasteiger partial charge in [-0.2, -0.15) is 0 Å².